The molecule has 160 valence electrons. The number of fused-ring (bicyclic) bond motifs is 2. The minimum absolute atomic E-state index is 0.748. The average Bonchev–Trinajstić information content (AvgIpc) is 3.64. The molecular weight excluding hydrogens is 448 g/mol. The van der Waals surface area contributed by atoms with E-state index in [0.717, 1.165) is 59.4 Å². The second-order valence-corrected chi connectivity index (χ2v) is 9.68. The number of nitrogens with zero attached hydrogens (tertiary/aromatic N) is 4. The monoisotopic (exact) mass is 466 g/mol. The number of aromatic amines is 2. The second kappa shape index (κ2) is 8.57. The summed E-state index contributed by atoms with van der Waals surface area (Å²) in [6.07, 6.45) is 12.2. The second-order valence-electron chi connectivity index (χ2n) is 7.49. The molecule has 0 spiro atoms. The van der Waals surface area contributed by atoms with Crippen molar-refractivity contribution >= 4 is 67.2 Å². The average molecular weight is 467 g/mol. The lowest BCUT2D eigenvalue weighted by atomic mass is 10.2. The molecule has 2 aromatic carbocycles. The van der Waals surface area contributed by atoms with E-state index in [1.165, 1.54) is 0 Å². The quantitative estimate of drug-likeness (QED) is 0.269. The van der Waals surface area contributed by atoms with Gasteiger partial charge < -0.3 is 9.97 Å². The van der Waals surface area contributed by atoms with Crippen LogP contribution in [0.15, 0.2) is 83.3 Å². The standard InChI is InChI=1S/C25H18N6S2/c1-3-7-22-20(5-1)16(10-26-22)12-28-24-30-14-18(32-24)9-19-15-31-25(33-19)29-13-17-11-27-23-8-4-2-6-21(17)23/h1-8,10-15,26-27H,9H2/b28-12+,29-13+. The van der Waals surface area contributed by atoms with E-state index < -0.39 is 0 Å². The molecule has 6 aromatic rings. The minimum atomic E-state index is 0.748. The Morgan fingerprint density at radius 3 is 1.70 bits per heavy atom. The van der Waals surface area contributed by atoms with Crippen molar-refractivity contribution in [3.8, 4) is 0 Å². The molecule has 0 unspecified atom stereocenters. The van der Waals surface area contributed by atoms with Gasteiger partial charge in [0.2, 0.25) is 10.3 Å². The zero-order valence-electron chi connectivity index (χ0n) is 17.4. The Labute approximate surface area is 197 Å². The van der Waals surface area contributed by atoms with Crippen LogP contribution in [0.3, 0.4) is 0 Å². The highest BCUT2D eigenvalue weighted by atomic mass is 32.1. The predicted molar refractivity (Wildman–Crippen MR) is 138 cm³/mol. The third-order valence-electron chi connectivity index (χ3n) is 5.30. The van der Waals surface area contributed by atoms with Gasteiger partial charge in [-0.05, 0) is 12.1 Å². The van der Waals surface area contributed by atoms with Crippen LogP contribution in [0.2, 0.25) is 0 Å². The first kappa shape index (κ1) is 19.8. The summed E-state index contributed by atoms with van der Waals surface area (Å²) < 4.78 is 0. The van der Waals surface area contributed by atoms with Crippen molar-refractivity contribution in [2.75, 3.05) is 0 Å². The lowest BCUT2D eigenvalue weighted by molar-refractivity contribution is 1.23. The molecule has 0 amide bonds. The number of para-hydroxylation sites is 2. The molecule has 8 heteroatoms. The van der Waals surface area contributed by atoms with Crippen LogP contribution < -0.4 is 0 Å². The Balaban J connectivity index is 1.14. The first-order valence-corrected chi connectivity index (χ1v) is 12.0. The van der Waals surface area contributed by atoms with Crippen LogP contribution in [0.5, 0.6) is 0 Å². The summed E-state index contributed by atoms with van der Waals surface area (Å²) in [7, 11) is 0. The van der Waals surface area contributed by atoms with E-state index in [1.807, 2.05) is 61.5 Å². The van der Waals surface area contributed by atoms with Crippen LogP contribution in [-0.4, -0.2) is 32.4 Å². The van der Waals surface area contributed by atoms with E-state index in [-0.39, 0.29) is 0 Å². The molecule has 0 aliphatic rings. The third-order valence-corrected chi connectivity index (χ3v) is 7.11. The smallest absolute Gasteiger partial charge is 0.209 e. The number of rotatable bonds is 6. The van der Waals surface area contributed by atoms with Crippen LogP contribution in [-0.2, 0) is 6.42 Å². The van der Waals surface area contributed by atoms with Crippen LogP contribution in [0, 0.1) is 0 Å². The molecule has 4 aromatic heterocycles. The van der Waals surface area contributed by atoms with Gasteiger partial charge in [0.05, 0.1) is 0 Å². The van der Waals surface area contributed by atoms with Gasteiger partial charge in [-0.15, -0.1) is 0 Å². The SMILES string of the molecule is C(=N\c1ncc(Cc2cnc(/N=C/c3c[nH]c4ccccc34)s2)s1)/c1c[nH]c2ccccc12. The summed E-state index contributed by atoms with van der Waals surface area (Å²) in [6.45, 7) is 0. The van der Waals surface area contributed by atoms with Gasteiger partial charge in [-0.1, -0.05) is 59.1 Å². The van der Waals surface area contributed by atoms with E-state index in [9.17, 15) is 0 Å². The predicted octanol–water partition coefficient (Wildman–Crippen LogP) is 6.65. The number of thiazole rings is 2. The number of benzene rings is 2. The molecule has 0 fully saturated rings. The number of hydrogen-bond donors (Lipinski definition) is 2. The molecule has 0 bridgehead atoms. The van der Waals surface area contributed by atoms with Crippen LogP contribution in [0.1, 0.15) is 20.9 Å². The summed E-state index contributed by atoms with van der Waals surface area (Å²) in [5.41, 5.74) is 4.32. The number of hydrogen-bond acceptors (Lipinski definition) is 6. The molecule has 0 saturated heterocycles. The topological polar surface area (TPSA) is 82.1 Å². The summed E-state index contributed by atoms with van der Waals surface area (Å²) >= 11 is 3.19. The van der Waals surface area contributed by atoms with Gasteiger partial charge in [-0.2, -0.15) is 0 Å². The minimum Gasteiger partial charge on any atom is -0.361 e. The fourth-order valence-corrected chi connectivity index (χ4v) is 5.35. The van der Waals surface area contributed by atoms with Crippen molar-refractivity contribution in [1.82, 2.24) is 19.9 Å². The number of aliphatic imine (C=N–C) groups is 2. The molecule has 0 radical (unpaired) electrons. The lowest BCUT2D eigenvalue weighted by Crippen LogP contribution is -1.77. The first-order chi connectivity index (χ1) is 16.3. The Morgan fingerprint density at radius 1 is 0.697 bits per heavy atom. The third kappa shape index (κ3) is 4.13. The Bertz CT molecular complexity index is 1490. The molecule has 4 heterocycles. The van der Waals surface area contributed by atoms with Crippen LogP contribution >= 0.6 is 22.7 Å². The normalized spacial score (nSPS) is 12.1. The van der Waals surface area contributed by atoms with Crippen molar-refractivity contribution in [2.45, 2.75) is 6.42 Å². The van der Waals surface area contributed by atoms with Gasteiger partial charge in [0.25, 0.3) is 0 Å². The molecule has 33 heavy (non-hydrogen) atoms. The summed E-state index contributed by atoms with van der Waals surface area (Å²) in [5, 5.41) is 3.81. The molecule has 6 nitrogen and oxygen atoms in total. The summed E-state index contributed by atoms with van der Waals surface area (Å²) in [6, 6.07) is 16.4. The summed E-state index contributed by atoms with van der Waals surface area (Å²) in [5.74, 6) is 0. The molecule has 6 rings (SSSR count). The van der Waals surface area contributed by atoms with Gasteiger partial charge in [-0.3, -0.25) is 0 Å². The Morgan fingerprint density at radius 2 is 1.18 bits per heavy atom. The van der Waals surface area contributed by atoms with Crippen molar-refractivity contribution in [3.63, 3.8) is 0 Å². The first-order valence-electron chi connectivity index (χ1n) is 10.4. The highest BCUT2D eigenvalue weighted by Gasteiger charge is 2.07. The van der Waals surface area contributed by atoms with Crippen molar-refractivity contribution in [1.29, 1.82) is 0 Å². The zero-order chi connectivity index (χ0) is 22.0. The largest absolute Gasteiger partial charge is 0.361 e. The Kier molecular flexibility index (Phi) is 5.14. The van der Waals surface area contributed by atoms with Gasteiger partial charge in [-0.25, -0.2) is 20.0 Å². The van der Waals surface area contributed by atoms with E-state index in [4.69, 9.17) is 0 Å². The molecule has 0 atom stereocenters. The van der Waals surface area contributed by atoms with E-state index in [0.29, 0.717) is 0 Å². The van der Waals surface area contributed by atoms with Crippen molar-refractivity contribution in [2.24, 2.45) is 9.98 Å². The molecular formula is C25H18N6S2. The van der Waals surface area contributed by atoms with Crippen molar-refractivity contribution < 1.29 is 0 Å². The summed E-state index contributed by atoms with van der Waals surface area (Å²) in [4.78, 5) is 26.9. The van der Waals surface area contributed by atoms with Gasteiger partial charge in [0.1, 0.15) is 0 Å². The number of aromatic nitrogens is 4. The maximum atomic E-state index is 4.57. The van der Waals surface area contributed by atoms with Gasteiger partial charge >= 0.3 is 0 Å². The van der Waals surface area contributed by atoms with Crippen molar-refractivity contribution in [3.05, 3.63) is 94.2 Å². The molecule has 0 saturated carbocycles. The lowest BCUT2D eigenvalue weighted by Gasteiger charge is -1.91. The maximum absolute atomic E-state index is 4.57. The van der Waals surface area contributed by atoms with E-state index >= 15 is 0 Å². The Hall–Kier alpha value is -3.88. The zero-order valence-corrected chi connectivity index (χ0v) is 19.0. The van der Waals surface area contributed by atoms with Gasteiger partial charge in [0.15, 0.2) is 0 Å². The highest BCUT2D eigenvalue weighted by molar-refractivity contribution is 7.16. The van der Waals surface area contributed by atoms with Gasteiger partial charge in [0, 0.05) is 86.3 Å². The van der Waals surface area contributed by atoms with Crippen LogP contribution in [0.4, 0.5) is 10.3 Å². The number of nitrogens with one attached hydrogen (secondary N) is 2. The van der Waals surface area contributed by atoms with Crippen LogP contribution in [0.25, 0.3) is 21.8 Å². The molecule has 0 aliphatic heterocycles. The fourth-order valence-electron chi connectivity index (χ4n) is 3.70. The highest BCUT2D eigenvalue weighted by Crippen LogP contribution is 2.28. The van der Waals surface area contributed by atoms with E-state index in [1.54, 1.807) is 22.7 Å². The molecule has 2 N–H and O–H groups in total. The van der Waals surface area contributed by atoms with E-state index in [2.05, 4.69) is 54.2 Å². The number of H-pyrrole nitrogens is 2. The maximum Gasteiger partial charge on any atom is 0.209 e. The fraction of sp³-hybridized carbons (Fsp3) is 0.0400. The molecule has 0 aliphatic carbocycles.